The Morgan fingerprint density at radius 3 is 1.81 bits per heavy atom. The number of aryl methyl sites for hydroxylation is 1. The second kappa shape index (κ2) is 11.4. The summed E-state index contributed by atoms with van der Waals surface area (Å²) in [7, 11) is -6.28. The third-order valence-electron chi connectivity index (χ3n) is 6.24. The van der Waals surface area contributed by atoms with Crippen LogP contribution in [0.1, 0.15) is 67.9 Å². The molecule has 0 aliphatic rings. The minimum atomic E-state index is -4.04. The van der Waals surface area contributed by atoms with E-state index in [9.17, 15) is 13.2 Å². The lowest BCUT2D eigenvalue weighted by atomic mass is 10.1. The van der Waals surface area contributed by atoms with Crippen molar-refractivity contribution >= 4 is 24.1 Å². The lowest BCUT2D eigenvalue weighted by molar-refractivity contribution is -0.148. The van der Waals surface area contributed by atoms with Crippen LogP contribution in [0, 0.1) is 24.4 Å². The van der Waals surface area contributed by atoms with Gasteiger partial charge in [-0.2, -0.15) is 0 Å². The highest BCUT2D eigenvalue weighted by Crippen LogP contribution is 2.41. The Kier molecular flexibility index (Phi) is 10.0. The maximum Gasteiger partial charge on any atom is 0.331 e. The Morgan fingerprint density at radius 2 is 1.44 bits per heavy atom. The average Bonchev–Trinajstić information content (AvgIpc) is 2.66. The van der Waals surface area contributed by atoms with E-state index in [-0.39, 0.29) is 17.4 Å². The zero-order chi connectivity index (χ0) is 24.9. The predicted octanol–water partition coefficient (Wildman–Crippen LogP) is 5.75. The molecular formula is C25H41NO4SSi. The molecule has 0 fully saturated rings. The number of carbonyl (C=O) groups is 1. The van der Waals surface area contributed by atoms with Crippen molar-refractivity contribution in [3.8, 4) is 11.6 Å². The van der Waals surface area contributed by atoms with E-state index in [2.05, 4.69) is 53.1 Å². The molecule has 1 aromatic carbocycles. The molecule has 0 N–H and O–H groups in total. The molecule has 1 aromatic rings. The smallest absolute Gasteiger partial charge is 0.331 e. The van der Waals surface area contributed by atoms with E-state index < -0.39 is 30.1 Å². The molecule has 0 aliphatic carbocycles. The van der Waals surface area contributed by atoms with Crippen LogP contribution in [-0.2, 0) is 19.6 Å². The molecule has 0 saturated heterocycles. The van der Waals surface area contributed by atoms with Crippen molar-refractivity contribution in [1.82, 2.24) is 4.31 Å². The van der Waals surface area contributed by atoms with Crippen LogP contribution in [0.5, 0.6) is 0 Å². The Balaban J connectivity index is 3.84. The minimum Gasteiger partial charge on any atom is -0.464 e. The number of sulfonamides is 1. The summed E-state index contributed by atoms with van der Waals surface area (Å²) in [4.78, 5) is 13.0. The van der Waals surface area contributed by atoms with Crippen LogP contribution in [0.2, 0.25) is 16.6 Å². The fourth-order valence-corrected chi connectivity index (χ4v) is 11.3. The predicted molar refractivity (Wildman–Crippen MR) is 134 cm³/mol. The van der Waals surface area contributed by atoms with Crippen LogP contribution < -0.4 is 0 Å². The van der Waals surface area contributed by atoms with Crippen LogP contribution in [0.3, 0.4) is 0 Å². The monoisotopic (exact) mass is 479 g/mol. The summed E-state index contributed by atoms with van der Waals surface area (Å²) >= 11 is 0. The topological polar surface area (TPSA) is 63.7 Å². The number of benzene rings is 1. The number of nitrogens with zero attached hydrogens (tertiary/aromatic N) is 1. The summed E-state index contributed by atoms with van der Waals surface area (Å²) in [6.07, 6.45) is 0. The van der Waals surface area contributed by atoms with E-state index >= 15 is 0 Å². The Bertz CT molecular complexity index is 903. The van der Waals surface area contributed by atoms with E-state index in [0.717, 1.165) is 9.87 Å². The van der Waals surface area contributed by atoms with Crippen LogP contribution in [0.4, 0.5) is 0 Å². The van der Waals surface area contributed by atoms with Crippen LogP contribution in [0.25, 0.3) is 0 Å². The summed E-state index contributed by atoms with van der Waals surface area (Å²) in [6.45, 7) is 20.5. The van der Waals surface area contributed by atoms with Crippen molar-refractivity contribution in [2.75, 3.05) is 6.61 Å². The van der Waals surface area contributed by atoms with E-state index in [0.29, 0.717) is 16.6 Å². The molecule has 1 rings (SSSR count). The van der Waals surface area contributed by atoms with Gasteiger partial charge in [0.1, 0.15) is 8.07 Å². The first-order valence-electron chi connectivity index (χ1n) is 11.5. The van der Waals surface area contributed by atoms with Gasteiger partial charge >= 0.3 is 5.97 Å². The number of ether oxygens (including phenoxy) is 1. The van der Waals surface area contributed by atoms with Gasteiger partial charge in [-0.15, -0.1) is 5.54 Å². The quantitative estimate of drug-likeness (QED) is 0.196. The van der Waals surface area contributed by atoms with E-state index in [4.69, 9.17) is 4.74 Å². The highest BCUT2D eigenvalue weighted by molar-refractivity contribution is 7.89. The lowest BCUT2D eigenvalue weighted by Gasteiger charge is -2.38. The van der Waals surface area contributed by atoms with Gasteiger partial charge in [0, 0.05) is 6.04 Å². The summed E-state index contributed by atoms with van der Waals surface area (Å²) < 4.78 is 33.9. The van der Waals surface area contributed by atoms with Gasteiger partial charge in [0.25, 0.3) is 10.0 Å². The molecule has 0 saturated carbocycles. The summed E-state index contributed by atoms with van der Waals surface area (Å²) in [5, 5.41) is 0. The molecule has 0 unspecified atom stereocenters. The van der Waals surface area contributed by atoms with Gasteiger partial charge in [0.15, 0.2) is 6.04 Å². The molecule has 0 radical (unpaired) electrons. The molecule has 0 bridgehead atoms. The maximum atomic E-state index is 13.8. The zero-order valence-electron chi connectivity index (χ0n) is 21.4. The number of esters is 1. The molecule has 0 heterocycles. The van der Waals surface area contributed by atoms with Gasteiger partial charge in [-0.3, -0.25) is 0 Å². The average molecular weight is 480 g/mol. The standard InChI is InChI=1S/C25H41NO4SSi/c1-11-30-25(27)24(18(2)3)26(31(28,29)23-14-12-22(10)13-15-23)16-17-32(19(4)5,20(6)7)21(8)9/h12-15,18-21,24H,11H2,1-10H3/t24-/m0/s1. The van der Waals surface area contributed by atoms with Gasteiger partial charge in [-0.05, 0) is 48.5 Å². The second-order valence-corrected chi connectivity index (χ2v) is 17.1. The minimum absolute atomic E-state index is 0.123. The van der Waals surface area contributed by atoms with Crippen molar-refractivity contribution in [2.24, 2.45) is 5.92 Å². The fraction of sp³-hybridized carbons (Fsp3) is 0.640. The van der Waals surface area contributed by atoms with Crippen LogP contribution in [-0.4, -0.2) is 39.4 Å². The fourth-order valence-electron chi connectivity index (χ4n) is 4.55. The van der Waals surface area contributed by atoms with E-state index in [1.807, 2.05) is 20.8 Å². The first-order valence-corrected chi connectivity index (χ1v) is 15.2. The van der Waals surface area contributed by atoms with Crippen molar-refractivity contribution in [3.05, 3.63) is 29.8 Å². The second-order valence-electron chi connectivity index (χ2n) is 9.69. The molecule has 0 aliphatic heterocycles. The normalized spacial score (nSPS) is 13.3. The SMILES string of the molecule is CCOC(=O)[C@H](C(C)C)N(C#C[Si](C(C)C)(C(C)C)C(C)C)S(=O)(=O)c1ccc(C)cc1. The first kappa shape index (κ1) is 28.2. The molecule has 7 heteroatoms. The van der Waals surface area contributed by atoms with Crippen molar-refractivity contribution < 1.29 is 17.9 Å². The molecule has 0 aromatic heterocycles. The van der Waals surface area contributed by atoms with Gasteiger partial charge in [0.05, 0.1) is 11.5 Å². The molecule has 180 valence electrons. The Hall–Kier alpha value is -1.78. The molecule has 5 nitrogen and oxygen atoms in total. The summed E-state index contributed by atoms with van der Waals surface area (Å²) in [6, 6.07) is 8.66. The number of carbonyl (C=O) groups excluding carboxylic acids is 1. The molecule has 1 atom stereocenters. The third-order valence-corrected chi connectivity index (χ3v) is 14.2. The molecular weight excluding hydrogens is 438 g/mol. The summed E-state index contributed by atoms with van der Waals surface area (Å²) in [5.74, 6) is -0.879. The third kappa shape index (κ3) is 5.96. The largest absolute Gasteiger partial charge is 0.464 e. The van der Waals surface area contributed by atoms with Gasteiger partial charge in [-0.1, -0.05) is 73.1 Å². The summed E-state index contributed by atoms with van der Waals surface area (Å²) in [5.41, 5.74) is 5.43. The molecule has 0 amide bonds. The van der Waals surface area contributed by atoms with Gasteiger partial charge in [-0.25, -0.2) is 17.5 Å². The first-order chi connectivity index (χ1) is 14.7. The molecule has 0 spiro atoms. The zero-order valence-corrected chi connectivity index (χ0v) is 23.2. The van der Waals surface area contributed by atoms with Gasteiger partial charge in [0.2, 0.25) is 0 Å². The number of hydrogen-bond acceptors (Lipinski definition) is 4. The van der Waals surface area contributed by atoms with Crippen molar-refractivity contribution in [1.29, 1.82) is 0 Å². The van der Waals surface area contributed by atoms with Crippen molar-refractivity contribution in [3.63, 3.8) is 0 Å². The van der Waals surface area contributed by atoms with Crippen LogP contribution in [0.15, 0.2) is 29.2 Å². The van der Waals surface area contributed by atoms with E-state index in [1.54, 1.807) is 31.2 Å². The highest BCUT2D eigenvalue weighted by Gasteiger charge is 2.43. The van der Waals surface area contributed by atoms with Gasteiger partial charge < -0.3 is 4.74 Å². The number of rotatable bonds is 9. The Morgan fingerprint density at radius 1 is 0.969 bits per heavy atom. The van der Waals surface area contributed by atoms with Crippen molar-refractivity contribution in [2.45, 2.75) is 96.8 Å². The highest BCUT2D eigenvalue weighted by atomic mass is 32.2. The Labute approximate surface area is 197 Å². The van der Waals surface area contributed by atoms with Crippen LogP contribution >= 0.6 is 0 Å². The maximum absolute atomic E-state index is 13.8. The lowest BCUT2D eigenvalue weighted by Crippen LogP contribution is -2.48. The van der Waals surface area contributed by atoms with E-state index in [1.165, 1.54) is 0 Å². The molecule has 32 heavy (non-hydrogen) atoms. The number of hydrogen-bond donors (Lipinski definition) is 0.